The second-order valence-corrected chi connectivity index (χ2v) is 6.28. The molecule has 126 valence electrons. The van der Waals surface area contributed by atoms with Crippen LogP contribution in [0.15, 0.2) is 59.6 Å². The van der Waals surface area contributed by atoms with Crippen LogP contribution in [0.4, 0.5) is 11.6 Å². The summed E-state index contributed by atoms with van der Waals surface area (Å²) in [6.45, 7) is 2.55. The first-order valence-corrected chi connectivity index (χ1v) is 8.43. The standard InChI is InChI=1S/C18H16BrN5O/c1-12-8-15(2-3-16(12)19)24-17(25)14-10-22-18(23-11-14)21-9-13-4-6-20-7-5-13/h2-8,10-11H,9H2,1H3,(H,24,25)(H,21,22,23). The van der Waals surface area contributed by atoms with Crippen molar-refractivity contribution in [1.82, 2.24) is 15.0 Å². The van der Waals surface area contributed by atoms with E-state index < -0.39 is 0 Å². The van der Waals surface area contributed by atoms with Gasteiger partial charge in [-0.15, -0.1) is 0 Å². The fourth-order valence-electron chi connectivity index (χ4n) is 2.14. The normalized spacial score (nSPS) is 10.3. The molecular formula is C18H16BrN5O. The van der Waals surface area contributed by atoms with Crippen LogP contribution < -0.4 is 10.6 Å². The van der Waals surface area contributed by atoms with E-state index in [9.17, 15) is 4.79 Å². The first-order valence-electron chi connectivity index (χ1n) is 7.64. The Hall–Kier alpha value is -2.80. The molecule has 1 amide bonds. The van der Waals surface area contributed by atoms with Gasteiger partial charge in [0.2, 0.25) is 5.95 Å². The maximum atomic E-state index is 12.3. The molecule has 0 radical (unpaired) electrons. The summed E-state index contributed by atoms with van der Waals surface area (Å²) in [4.78, 5) is 24.6. The summed E-state index contributed by atoms with van der Waals surface area (Å²) in [7, 11) is 0. The quantitative estimate of drug-likeness (QED) is 0.684. The van der Waals surface area contributed by atoms with Crippen molar-refractivity contribution in [3.63, 3.8) is 0 Å². The maximum absolute atomic E-state index is 12.3. The summed E-state index contributed by atoms with van der Waals surface area (Å²) in [5.41, 5.74) is 3.25. The molecule has 0 aliphatic rings. The molecule has 3 rings (SSSR count). The van der Waals surface area contributed by atoms with Gasteiger partial charge in [0.25, 0.3) is 5.91 Å². The molecule has 25 heavy (non-hydrogen) atoms. The Bertz CT molecular complexity index is 868. The number of halogens is 1. The van der Waals surface area contributed by atoms with Crippen molar-refractivity contribution < 1.29 is 4.79 Å². The van der Waals surface area contributed by atoms with E-state index in [1.807, 2.05) is 37.3 Å². The Morgan fingerprint density at radius 1 is 1.12 bits per heavy atom. The molecule has 0 saturated heterocycles. The first kappa shape index (κ1) is 17.0. The summed E-state index contributed by atoms with van der Waals surface area (Å²) in [5.74, 6) is 0.218. The molecule has 3 aromatic rings. The van der Waals surface area contributed by atoms with Gasteiger partial charge in [0, 0.05) is 41.5 Å². The Morgan fingerprint density at radius 2 is 1.84 bits per heavy atom. The number of carbonyl (C=O) groups is 1. The van der Waals surface area contributed by atoms with Crippen molar-refractivity contribution >= 4 is 33.5 Å². The lowest BCUT2D eigenvalue weighted by Crippen LogP contribution is -2.13. The van der Waals surface area contributed by atoms with Crippen LogP contribution in [-0.4, -0.2) is 20.9 Å². The molecule has 0 spiro atoms. The van der Waals surface area contributed by atoms with Gasteiger partial charge in [-0.3, -0.25) is 9.78 Å². The van der Waals surface area contributed by atoms with Crippen LogP contribution in [0, 0.1) is 6.92 Å². The van der Waals surface area contributed by atoms with E-state index >= 15 is 0 Å². The Kier molecular flexibility index (Phi) is 5.35. The molecule has 0 bridgehead atoms. The van der Waals surface area contributed by atoms with Gasteiger partial charge in [-0.1, -0.05) is 15.9 Å². The molecule has 0 aliphatic carbocycles. The lowest BCUT2D eigenvalue weighted by molar-refractivity contribution is 0.102. The van der Waals surface area contributed by atoms with Gasteiger partial charge >= 0.3 is 0 Å². The summed E-state index contributed by atoms with van der Waals surface area (Å²) in [5, 5.41) is 5.94. The number of nitrogens with zero attached hydrogens (tertiary/aromatic N) is 3. The van der Waals surface area contributed by atoms with Crippen molar-refractivity contribution in [3.8, 4) is 0 Å². The number of benzene rings is 1. The molecule has 1 aromatic carbocycles. The highest BCUT2D eigenvalue weighted by Crippen LogP contribution is 2.20. The molecule has 6 nitrogen and oxygen atoms in total. The van der Waals surface area contributed by atoms with E-state index in [2.05, 4.69) is 41.5 Å². The lowest BCUT2D eigenvalue weighted by Gasteiger charge is -2.08. The van der Waals surface area contributed by atoms with Crippen LogP contribution in [0.1, 0.15) is 21.5 Å². The molecule has 2 N–H and O–H groups in total. The number of amides is 1. The highest BCUT2D eigenvalue weighted by molar-refractivity contribution is 9.10. The first-order chi connectivity index (χ1) is 12.1. The van der Waals surface area contributed by atoms with E-state index in [1.165, 1.54) is 12.4 Å². The van der Waals surface area contributed by atoms with Gasteiger partial charge in [-0.05, 0) is 48.4 Å². The summed E-state index contributed by atoms with van der Waals surface area (Å²) < 4.78 is 0.999. The minimum Gasteiger partial charge on any atom is -0.350 e. The van der Waals surface area contributed by atoms with Gasteiger partial charge in [0.1, 0.15) is 0 Å². The third-order valence-corrected chi connectivity index (χ3v) is 4.42. The van der Waals surface area contributed by atoms with E-state index in [0.29, 0.717) is 18.1 Å². The largest absolute Gasteiger partial charge is 0.350 e. The number of hydrogen-bond acceptors (Lipinski definition) is 5. The fraction of sp³-hybridized carbons (Fsp3) is 0.111. The number of aromatic nitrogens is 3. The molecular weight excluding hydrogens is 382 g/mol. The molecule has 7 heteroatoms. The van der Waals surface area contributed by atoms with E-state index in [1.54, 1.807) is 12.4 Å². The molecule has 2 aromatic heterocycles. The molecule has 0 saturated carbocycles. The minimum atomic E-state index is -0.248. The molecule has 2 heterocycles. The highest BCUT2D eigenvalue weighted by atomic mass is 79.9. The number of anilines is 2. The third-order valence-electron chi connectivity index (χ3n) is 3.53. The van der Waals surface area contributed by atoms with Crippen LogP contribution in [0.25, 0.3) is 0 Å². The second kappa shape index (κ2) is 7.85. The number of carbonyl (C=O) groups excluding carboxylic acids is 1. The number of rotatable bonds is 5. The monoisotopic (exact) mass is 397 g/mol. The smallest absolute Gasteiger partial charge is 0.258 e. The van der Waals surface area contributed by atoms with Crippen molar-refractivity contribution in [2.45, 2.75) is 13.5 Å². The van der Waals surface area contributed by atoms with Crippen LogP contribution >= 0.6 is 15.9 Å². The summed E-state index contributed by atoms with van der Waals surface area (Å²) in [6.07, 6.45) is 6.47. The number of nitrogens with one attached hydrogen (secondary N) is 2. The number of pyridine rings is 1. The lowest BCUT2D eigenvalue weighted by atomic mass is 10.2. The van der Waals surface area contributed by atoms with Gasteiger partial charge in [0.05, 0.1) is 5.56 Å². The van der Waals surface area contributed by atoms with E-state index in [4.69, 9.17) is 0 Å². The average Bonchev–Trinajstić information content (AvgIpc) is 2.64. The maximum Gasteiger partial charge on any atom is 0.258 e. The van der Waals surface area contributed by atoms with Crippen molar-refractivity contribution in [2.24, 2.45) is 0 Å². The van der Waals surface area contributed by atoms with Crippen LogP contribution in [-0.2, 0) is 6.54 Å². The number of hydrogen-bond donors (Lipinski definition) is 2. The van der Waals surface area contributed by atoms with E-state index in [0.717, 1.165) is 21.3 Å². The van der Waals surface area contributed by atoms with E-state index in [-0.39, 0.29) is 5.91 Å². The molecule has 0 aliphatic heterocycles. The molecule has 0 fully saturated rings. The predicted octanol–water partition coefficient (Wildman–Crippen LogP) is 3.81. The average molecular weight is 398 g/mol. The Morgan fingerprint density at radius 3 is 2.52 bits per heavy atom. The van der Waals surface area contributed by atoms with Crippen molar-refractivity contribution in [3.05, 3.63) is 76.3 Å². The highest BCUT2D eigenvalue weighted by Gasteiger charge is 2.08. The van der Waals surface area contributed by atoms with Crippen LogP contribution in [0.2, 0.25) is 0 Å². The van der Waals surface area contributed by atoms with Gasteiger partial charge in [0.15, 0.2) is 0 Å². The zero-order chi connectivity index (χ0) is 17.6. The summed E-state index contributed by atoms with van der Waals surface area (Å²) in [6, 6.07) is 9.45. The minimum absolute atomic E-state index is 0.248. The Labute approximate surface area is 153 Å². The zero-order valence-electron chi connectivity index (χ0n) is 13.5. The van der Waals surface area contributed by atoms with Crippen molar-refractivity contribution in [2.75, 3.05) is 10.6 Å². The topological polar surface area (TPSA) is 79.8 Å². The Balaban J connectivity index is 1.61. The van der Waals surface area contributed by atoms with Gasteiger partial charge in [-0.2, -0.15) is 0 Å². The fourth-order valence-corrected chi connectivity index (χ4v) is 2.39. The zero-order valence-corrected chi connectivity index (χ0v) is 15.1. The summed E-state index contributed by atoms with van der Waals surface area (Å²) >= 11 is 3.44. The van der Waals surface area contributed by atoms with Gasteiger partial charge in [-0.25, -0.2) is 9.97 Å². The SMILES string of the molecule is Cc1cc(NC(=O)c2cnc(NCc3ccncc3)nc2)ccc1Br. The van der Waals surface area contributed by atoms with Crippen LogP contribution in [0.5, 0.6) is 0 Å². The van der Waals surface area contributed by atoms with Crippen LogP contribution in [0.3, 0.4) is 0 Å². The molecule has 0 atom stereocenters. The predicted molar refractivity (Wildman–Crippen MR) is 100 cm³/mol. The van der Waals surface area contributed by atoms with Crippen molar-refractivity contribution in [1.29, 1.82) is 0 Å². The number of aryl methyl sites for hydroxylation is 1. The third kappa shape index (κ3) is 4.60. The molecule has 0 unspecified atom stereocenters. The second-order valence-electron chi connectivity index (χ2n) is 5.42. The van der Waals surface area contributed by atoms with Gasteiger partial charge < -0.3 is 10.6 Å².